The lowest BCUT2D eigenvalue weighted by atomic mass is 9.70. The molecule has 3 heterocycles. The summed E-state index contributed by atoms with van der Waals surface area (Å²) < 4.78 is 5.69. The van der Waals surface area contributed by atoms with Crippen molar-refractivity contribution < 1.29 is 4.74 Å². The molecular formula is C19H24BN3O. The van der Waals surface area contributed by atoms with Gasteiger partial charge in [0.05, 0.1) is 5.69 Å². The van der Waals surface area contributed by atoms with Crippen molar-refractivity contribution in [3.05, 3.63) is 36.0 Å². The van der Waals surface area contributed by atoms with Crippen molar-refractivity contribution in [2.75, 3.05) is 36.5 Å². The van der Waals surface area contributed by atoms with Crippen molar-refractivity contribution in [2.45, 2.75) is 25.6 Å². The van der Waals surface area contributed by atoms with E-state index >= 15 is 0 Å². The van der Waals surface area contributed by atoms with Gasteiger partial charge in [0.15, 0.2) is 0 Å². The van der Waals surface area contributed by atoms with E-state index in [1.165, 1.54) is 23.1 Å². The molecule has 4 nitrogen and oxygen atoms in total. The van der Waals surface area contributed by atoms with Crippen molar-refractivity contribution in [2.24, 2.45) is 0 Å². The molecule has 124 valence electrons. The van der Waals surface area contributed by atoms with Crippen molar-refractivity contribution in [3.8, 4) is 16.9 Å². The van der Waals surface area contributed by atoms with Crippen LogP contribution in [0.4, 0.5) is 11.5 Å². The largest absolute Gasteiger partial charge is 0.490 e. The highest BCUT2D eigenvalue weighted by molar-refractivity contribution is 6.15. The van der Waals surface area contributed by atoms with Gasteiger partial charge in [0, 0.05) is 25.8 Å². The van der Waals surface area contributed by atoms with Gasteiger partial charge < -0.3 is 15.0 Å². The molecule has 1 fully saturated rings. The minimum atomic E-state index is 0.372. The second-order valence-electron chi connectivity index (χ2n) is 7.63. The molecule has 1 aromatic heterocycles. The van der Waals surface area contributed by atoms with Gasteiger partial charge in [-0.25, -0.2) is 4.98 Å². The lowest BCUT2D eigenvalue weighted by Gasteiger charge is -2.24. The second-order valence-corrected chi connectivity index (χ2v) is 7.63. The van der Waals surface area contributed by atoms with E-state index in [9.17, 15) is 0 Å². The van der Waals surface area contributed by atoms with Crippen molar-refractivity contribution in [1.29, 1.82) is 0 Å². The van der Waals surface area contributed by atoms with Gasteiger partial charge in [0.25, 0.3) is 0 Å². The molecule has 1 N–H and O–H groups in total. The lowest BCUT2D eigenvalue weighted by Crippen LogP contribution is -2.23. The summed E-state index contributed by atoms with van der Waals surface area (Å²) in [6, 6.07) is 8.52. The number of aromatic nitrogens is 1. The lowest BCUT2D eigenvalue weighted by molar-refractivity contribution is 0.323. The zero-order valence-electron chi connectivity index (χ0n) is 14.7. The normalized spacial score (nSPS) is 22.7. The number of hydrogen-bond acceptors (Lipinski definition) is 4. The van der Waals surface area contributed by atoms with Crippen LogP contribution in [0.15, 0.2) is 30.5 Å². The number of nitrogens with zero attached hydrogens (tertiary/aromatic N) is 2. The molecule has 2 aliphatic heterocycles. The molecule has 0 radical (unpaired) electrons. The number of pyridine rings is 1. The van der Waals surface area contributed by atoms with E-state index in [2.05, 4.69) is 61.2 Å². The summed E-state index contributed by atoms with van der Waals surface area (Å²) in [4.78, 5) is 7.11. The fourth-order valence-corrected chi connectivity index (χ4v) is 3.76. The SMILES string of the molecule is BC1(C)CCN(c2nccc(-c3ccc4c(c3)NCCO4)c2C)C1. The molecule has 1 atom stereocenters. The third-order valence-electron chi connectivity index (χ3n) is 5.12. The van der Waals surface area contributed by atoms with E-state index in [0.29, 0.717) is 5.31 Å². The molecule has 1 aromatic carbocycles. The Morgan fingerprint density at radius 2 is 2.21 bits per heavy atom. The van der Waals surface area contributed by atoms with Gasteiger partial charge in [-0.2, -0.15) is 0 Å². The van der Waals surface area contributed by atoms with Crippen molar-refractivity contribution in [1.82, 2.24) is 4.98 Å². The molecule has 0 bridgehead atoms. The van der Waals surface area contributed by atoms with Crippen LogP contribution in [0.5, 0.6) is 5.75 Å². The number of nitrogens with one attached hydrogen (secondary N) is 1. The number of benzene rings is 1. The summed E-state index contributed by atoms with van der Waals surface area (Å²) in [6.45, 7) is 8.27. The monoisotopic (exact) mass is 321 g/mol. The summed E-state index contributed by atoms with van der Waals surface area (Å²) >= 11 is 0. The van der Waals surface area contributed by atoms with Crippen LogP contribution in [0.25, 0.3) is 11.1 Å². The summed E-state index contributed by atoms with van der Waals surface area (Å²) in [5, 5.41) is 3.79. The topological polar surface area (TPSA) is 37.4 Å². The molecule has 2 aliphatic rings. The minimum Gasteiger partial charge on any atom is -0.490 e. The van der Waals surface area contributed by atoms with Gasteiger partial charge in [0.2, 0.25) is 0 Å². The van der Waals surface area contributed by atoms with Crippen LogP contribution in [-0.4, -0.2) is 39.1 Å². The average Bonchev–Trinajstić information content (AvgIpc) is 2.94. The zero-order valence-corrected chi connectivity index (χ0v) is 14.7. The molecule has 4 rings (SSSR count). The standard InChI is InChI=1S/C19H24BN3O/c1-13-15(14-3-4-17-16(11-14)21-8-10-24-17)5-7-22-18(13)23-9-6-19(2,20)12-23/h3-5,7,11,21H,6,8-10,12,20H2,1-2H3. The van der Waals surface area contributed by atoms with E-state index in [4.69, 9.17) is 4.74 Å². The molecule has 5 heteroatoms. The quantitative estimate of drug-likeness (QED) is 0.863. The van der Waals surface area contributed by atoms with Gasteiger partial charge in [-0.3, -0.25) is 0 Å². The molecular weight excluding hydrogens is 297 g/mol. The van der Waals surface area contributed by atoms with Crippen molar-refractivity contribution >= 4 is 19.4 Å². The van der Waals surface area contributed by atoms with Crippen LogP contribution in [0.2, 0.25) is 5.31 Å². The Labute approximate surface area is 144 Å². The third-order valence-corrected chi connectivity index (χ3v) is 5.12. The van der Waals surface area contributed by atoms with E-state index < -0.39 is 0 Å². The predicted octanol–water partition coefficient (Wildman–Crippen LogP) is 2.88. The molecule has 1 saturated heterocycles. The highest BCUT2D eigenvalue weighted by Gasteiger charge is 2.30. The summed E-state index contributed by atoms with van der Waals surface area (Å²) in [5.41, 5.74) is 4.80. The first-order chi connectivity index (χ1) is 11.5. The van der Waals surface area contributed by atoms with E-state index in [-0.39, 0.29) is 0 Å². The Kier molecular flexibility index (Phi) is 3.67. The Hall–Kier alpha value is -2.17. The maximum atomic E-state index is 5.69. The third kappa shape index (κ3) is 2.72. The van der Waals surface area contributed by atoms with Crippen LogP contribution in [0.1, 0.15) is 18.9 Å². The Balaban J connectivity index is 1.71. The van der Waals surface area contributed by atoms with Crippen LogP contribution in [0, 0.1) is 6.92 Å². The van der Waals surface area contributed by atoms with Gasteiger partial charge in [-0.1, -0.05) is 13.0 Å². The Morgan fingerprint density at radius 3 is 3.00 bits per heavy atom. The first-order valence-corrected chi connectivity index (χ1v) is 8.75. The fraction of sp³-hybridized carbons (Fsp3) is 0.421. The highest BCUT2D eigenvalue weighted by Crippen LogP contribution is 2.39. The number of anilines is 2. The first kappa shape index (κ1) is 15.4. The van der Waals surface area contributed by atoms with Crippen LogP contribution in [-0.2, 0) is 0 Å². The van der Waals surface area contributed by atoms with Crippen LogP contribution < -0.4 is 15.0 Å². The number of hydrogen-bond donors (Lipinski definition) is 1. The first-order valence-electron chi connectivity index (χ1n) is 8.75. The van der Waals surface area contributed by atoms with E-state index in [1.807, 2.05) is 6.20 Å². The number of fused-ring (bicyclic) bond motifs is 1. The molecule has 0 amide bonds. The number of ether oxygens (including phenoxy) is 1. The molecule has 0 saturated carbocycles. The van der Waals surface area contributed by atoms with Gasteiger partial charge in [0.1, 0.15) is 26.0 Å². The van der Waals surface area contributed by atoms with Crippen molar-refractivity contribution in [3.63, 3.8) is 0 Å². The Bertz CT molecular complexity index is 775. The maximum absolute atomic E-state index is 5.69. The maximum Gasteiger partial charge on any atom is 0.142 e. The summed E-state index contributed by atoms with van der Waals surface area (Å²) in [7, 11) is 2.33. The fourth-order valence-electron chi connectivity index (χ4n) is 3.76. The zero-order chi connectivity index (χ0) is 16.7. The van der Waals surface area contributed by atoms with Crippen LogP contribution >= 0.6 is 0 Å². The summed E-state index contributed by atoms with van der Waals surface area (Å²) in [5.74, 6) is 2.07. The minimum absolute atomic E-state index is 0.372. The molecule has 1 unspecified atom stereocenters. The highest BCUT2D eigenvalue weighted by atomic mass is 16.5. The Morgan fingerprint density at radius 1 is 1.33 bits per heavy atom. The second kappa shape index (κ2) is 5.73. The average molecular weight is 321 g/mol. The van der Waals surface area contributed by atoms with E-state index in [0.717, 1.165) is 43.5 Å². The molecule has 0 aliphatic carbocycles. The van der Waals surface area contributed by atoms with Gasteiger partial charge in [-0.15, -0.1) is 0 Å². The molecule has 24 heavy (non-hydrogen) atoms. The van der Waals surface area contributed by atoms with E-state index in [1.54, 1.807) is 0 Å². The molecule has 2 aromatic rings. The van der Waals surface area contributed by atoms with Gasteiger partial charge >= 0.3 is 0 Å². The molecule has 0 spiro atoms. The summed E-state index contributed by atoms with van der Waals surface area (Å²) in [6.07, 6.45) is 3.16. The van der Waals surface area contributed by atoms with Gasteiger partial charge in [-0.05, 0) is 53.5 Å². The number of rotatable bonds is 2. The predicted molar refractivity (Wildman–Crippen MR) is 102 cm³/mol. The van der Waals surface area contributed by atoms with Crippen LogP contribution in [0.3, 0.4) is 0 Å². The smallest absolute Gasteiger partial charge is 0.142 e.